The SMILES string of the molecule is COC(=O)c1ccccc1NC(=O)c1ccc2c(c1)sc1nc(-c3ccc(F)cc3)cn12. The van der Waals surface area contributed by atoms with Crippen LogP contribution in [0.4, 0.5) is 10.1 Å². The van der Waals surface area contributed by atoms with Crippen molar-refractivity contribution in [3.8, 4) is 11.3 Å². The van der Waals surface area contributed by atoms with E-state index in [0.29, 0.717) is 11.3 Å². The lowest BCUT2D eigenvalue weighted by Crippen LogP contribution is -2.15. The van der Waals surface area contributed by atoms with Gasteiger partial charge in [-0.15, -0.1) is 0 Å². The number of carbonyl (C=O) groups is 2. The summed E-state index contributed by atoms with van der Waals surface area (Å²) in [6.07, 6.45) is 1.90. The van der Waals surface area contributed by atoms with Gasteiger partial charge in [-0.1, -0.05) is 23.5 Å². The fourth-order valence-corrected chi connectivity index (χ4v) is 4.52. The molecule has 0 radical (unpaired) electrons. The summed E-state index contributed by atoms with van der Waals surface area (Å²) in [4.78, 5) is 30.2. The van der Waals surface area contributed by atoms with Crippen LogP contribution < -0.4 is 5.32 Å². The van der Waals surface area contributed by atoms with Gasteiger partial charge in [-0.2, -0.15) is 0 Å². The molecule has 158 valence electrons. The largest absolute Gasteiger partial charge is 0.465 e. The lowest BCUT2D eigenvalue weighted by molar-refractivity contribution is 0.0602. The second kappa shape index (κ2) is 7.90. The molecule has 0 aliphatic carbocycles. The number of para-hydroxylation sites is 1. The molecule has 0 spiro atoms. The Morgan fingerprint density at radius 1 is 1.06 bits per heavy atom. The van der Waals surface area contributed by atoms with E-state index in [2.05, 4.69) is 10.3 Å². The zero-order valence-corrected chi connectivity index (χ0v) is 17.7. The number of rotatable bonds is 4. The molecule has 6 nitrogen and oxygen atoms in total. The van der Waals surface area contributed by atoms with E-state index in [4.69, 9.17) is 4.74 Å². The number of hydrogen-bond acceptors (Lipinski definition) is 5. The zero-order valence-electron chi connectivity index (χ0n) is 16.8. The summed E-state index contributed by atoms with van der Waals surface area (Å²) < 4.78 is 20.8. The van der Waals surface area contributed by atoms with E-state index < -0.39 is 5.97 Å². The van der Waals surface area contributed by atoms with Gasteiger partial charge in [0.25, 0.3) is 5.91 Å². The quantitative estimate of drug-likeness (QED) is 0.376. The van der Waals surface area contributed by atoms with E-state index in [1.165, 1.54) is 30.6 Å². The number of nitrogens with zero attached hydrogens (tertiary/aromatic N) is 2. The maximum absolute atomic E-state index is 13.2. The molecule has 3 aromatic carbocycles. The van der Waals surface area contributed by atoms with Crippen molar-refractivity contribution in [3.63, 3.8) is 0 Å². The van der Waals surface area contributed by atoms with E-state index in [1.807, 2.05) is 16.7 Å². The van der Waals surface area contributed by atoms with Crippen LogP contribution in [0.15, 0.2) is 72.9 Å². The molecule has 0 unspecified atom stereocenters. The van der Waals surface area contributed by atoms with Crippen LogP contribution in [0.1, 0.15) is 20.7 Å². The second-order valence-corrected chi connectivity index (χ2v) is 8.07. The van der Waals surface area contributed by atoms with Crippen LogP contribution in [0, 0.1) is 5.82 Å². The van der Waals surface area contributed by atoms with Crippen molar-refractivity contribution in [3.05, 3.63) is 89.9 Å². The molecule has 2 heterocycles. The van der Waals surface area contributed by atoms with Gasteiger partial charge in [0.05, 0.1) is 34.3 Å². The lowest BCUT2D eigenvalue weighted by atomic mass is 10.1. The van der Waals surface area contributed by atoms with Crippen LogP contribution in [0.5, 0.6) is 0 Å². The summed E-state index contributed by atoms with van der Waals surface area (Å²) in [7, 11) is 1.30. The first kappa shape index (κ1) is 19.9. The number of halogens is 1. The topological polar surface area (TPSA) is 72.7 Å². The van der Waals surface area contributed by atoms with Gasteiger partial charge in [-0.25, -0.2) is 14.2 Å². The van der Waals surface area contributed by atoms with Crippen molar-refractivity contribution in [1.29, 1.82) is 0 Å². The molecule has 0 bridgehead atoms. The zero-order chi connectivity index (χ0) is 22.2. The predicted molar refractivity (Wildman–Crippen MR) is 122 cm³/mol. The summed E-state index contributed by atoms with van der Waals surface area (Å²) in [6.45, 7) is 0. The van der Waals surface area contributed by atoms with Crippen LogP contribution in [-0.2, 0) is 4.74 Å². The Balaban J connectivity index is 1.45. The smallest absolute Gasteiger partial charge is 0.339 e. The molecule has 0 aliphatic rings. The Bertz CT molecular complexity index is 1490. The summed E-state index contributed by atoms with van der Waals surface area (Å²) >= 11 is 1.45. The van der Waals surface area contributed by atoms with Crippen molar-refractivity contribution in [1.82, 2.24) is 9.38 Å². The van der Waals surface area contributed by atoms with E-state index in [0.717, 1.165) is 26.4 Å². The average molecular weight is 445 g/mol. The summed E-state index contributed by atoms with van der Waals surface area (Å²) in [5.74, 6) is -1.14. The van der Waals surface area contributed by atoms with Crippen LogP contribution >= 0.6 is 11.3 Å². The summed E-state index contributed by atoms with van der Waals surface area (Å²) in [5, 5.41) is 2.78. The third kappa shape index (κ3) is 3.50. The summed E-state index contributed by atoms with van der Waals surface area (Å²) in [5.41, 5.74) is 3.62. The Labute approximate surface area is 185 Å². The molecule has 1 amide bonds. The number of fused-ring (bicyclic) bond motifs is 3. The van der Waals surface area contributed by atoms with Gasteiger partial charge in [0.2, 0.25) is 0 Å². The monoisotopic (exact) mass is 445 g/mol. The molecule has 0 fully saturated rings. The number of esters is 1. The lowest BCUT2D eigenvalue weighted by Gasteiger charge is -2.09. The molecule has 0 saturated heterocycles. The maximum Gasteiger partial charge on any atom is 0.339 e. The minimum atomic E-state index is -0.521. The van der Waals surface area contributed by atoms with Gasteiger partial charge in [0, 0.05) is 17.3 Å². The third-order valence-electron chi connectivity index (χ3n) is 5.08. The normalized spacial score (nSPS) is 11.1. The third-order valence-corrected chi connectivity index (χ3v) is 6.09. The standard InChI is InChI=1S/C24H16FN3O3S/c1-31-23(30)17-4-2-3-5-18(17)26-22(29)15-8-11-20-21(12-15)32-24-27-19(13-28(20)24)14-6-9-16(25)10-7-14/h2-13H,1H3,(H,26,29). The fraction of sp³-hybridized carbons (Fsp3) is 0.0417. The number of amides is 1. The van der Waals surface area contributed by atoms with E-state index in [9.17, 15) is 14.0 Å². The highest BCUT2D eigenvalue weighted by atomic mass is 32.1. The molecule has 32 heavy (non-hydrogen) atoms. The Kier molecular flexibility index (Phi) is 4.91. The van der Waals surface area contributed by atoms with E-state index >= 15 is 0 Å². The number of ether oxygens (including phenoxy) is 1. The first-order chi connectivity index (χ1) is 15.5. The van der Waals surface area contributed by atoms with Gasteiger partial charge in [0.1, 0.15) is 5.82 Å². The number of thiazole rings is 1. The highest BCUT2D eigenvalue weighted by Crippen LogP contribution is 2.30. The minimum absolute atomic E-state index is 0.285. The first-order valence-electron chi connectivity index (χ1n) is 9.70. The van der Waals surface area contributed by atoms with Crippen molar-refractivity contribution in [2.24, 2.45) is 0 Å². The highest BCUT2D eigenvalue weighted by Gasteiger charge is 2.16. The number of benzene rings is 3. The Morgan fingerprint density at radius 2 is 1.84 bits per heavy atom. The minimum Gasteiger partial charge on any atom is -0.465 e. The molecule has 0 aliphatic heterocycles. The van der Waals surface area contributed by atoms with Gasteiger partial charge in [-0.05, 0) is 54.6 Å². The van der Waals surface area contributed by atoms with Crippen LogP contribution in [0.25, 0.3) is 26.4 Å². The second-order valence-electron chi connectivity index (χ2n) is 7.06. The van der Waals surface area contributed by atoms with Crippen molar-refractivity contribution in [2.75, 3.05) is 12.4 Å². The number of anilines is 1. The van der Waals surface area contributed by atoms with E-state index in [-0.39, 0.29) is 17.3 Å². The van der Waals surface area contributed by atoms with Crippen molar-refractivity contribution in [2.45, 2.75) is 0 Å². The van der Waals surface area contributed by atoms with Crippen molar-refractivity contribution >= 4 is 44.1 Å². The number of hydrogen-bond donors (Lipinski definition) is 1. The van der Waals surface area contributed by atoms with Gasteiger partial charge >= 0.3 is 5.97 Å². The molecular weight excluding hydrogens is 429 g/mol. The molecule has 8 heteroatoms. The molecule has 1 N–H and O–H groups in total. The first-order valence-corrected chi connectivity index (χ1v) is 10.5. The molecule has 0 atom stereocenters. The number of nitrogens with one attached hydrogen (secondary N) is 1. The fourth-order valence-electron chi connectivity index (χ4n) is 3.48. The van der Waals surface area contributed by atoms with E-state index in [1.54, 1.807) is 48.5 Å². The van der Waals surface area contributed by atoms with Crippen LogP contribution in [0.3, 0.4) is 0 Å². The number of aromatic nitrogens is 2. The number of carbonyl (C=O) groups excluding carboxylic acids is 2. The van der Waals surface area contributed by atoms with Gasteiger partial charge in [-0.3, -0.25) is 9.20 Å². The van der Waals surface area contributed by atoms with Crippen molar-refractivity contribution < 1.29 is 18.7 Å². The molecule has 2 aromatic heterocycles. The molecular formula is C24H16FN3O3S. The molecule has 0 saturated carbocycles. The van der Waals surface area contributed by atoms with Crippen LogP contribution in [-0.4, -0.2) is 28.4 Å². The van der Waals surface area contributed by atoms with Gasteiger partial charge in [0.15, 0.2) is 4.96 Å². The average Bonchev–Trinajstić information content (AvgIpc) is 3.37. The van der Waals surface area contributed by atoms with Gasteiger partial charge < -0.3 is 10.1 Å². The maximum atomic E-state index is 13.2. The summed E-state index contributed by atoms with van der Waals surface area (Å²) in [6, 6.07) is 18.3. The molecule has 5 aromatic rings. The van der Waals surface area contributed by atoms with Crippen LogP contribution in [0.2, 0.25) is 0 Å². The molecule has 5 rings (SSSR count). The number of imidazole rings is 1. The Morgan fingerprint density at radius 3 is 2.62 bits per heavy atom. The Hall–Kier alpha value is -4.04. The predicted octanol–water partition coefficient (Wildman–Crippen LogP) is 5.39. The highest BCUT2D eigenvalue weighted by molar-refractivity contribution is 7.23. The number of methoxy groups -OCH3 is 1.